The maximum Gasteiger partial charge on any atom is 0.284 e. The molecule has 5 rings (SSSR count). The summed E-state index contributed by atoms with van der Waals surface area (Å²) in [6, 6.07) is 21.2. The summed E-state index contributed by atoms with van der Waals surface area (Å²) in [7, 11) is 0. The van der Waals surface area contributed by atoms with Crippen LogP contribution >= 0.6 is 11.6 Å². The molecule has 30 heavy (non-hydrogen) atoms. The standard InChI is InChI=1S/C24H22ClFN4/c25-18-9-10-22-23(15-18)28-24(19-6-2-4-8-21(19)27-22)30-13-11-29(12-14-30)16-17-5-1-3-7-20(17)26/h1-10,15H,11-14,16H2,(H,27,28)/p+1. The van der Waals surface area contributed by atoms with Crippen LogP contribution in [0.2, 0.25) is 5.02 Å². The van der Waals surface area contributed by atoms with Gasteiger partial charge in [-0.2, -0.15) is 0 Å². The number of hydrogen-bond acceptors (Lipinski definition) is 2. The smallest absolute Gasteiger partial charge is 0.284 e. The Labute approximate surface area is 180 Å². The Kier molecular flexibility index (Phi) is 5.15. The molecule has 0 aliphatic carbocycles. The highest BCUT2D eigenvalue weighted by Gasteiger charge is 2.28. The first kappa shape index (κ1) is 19.1. The molecule has 1 fully saturated rings. The Balaban J connectivity index is 1.43. The number of fused-ring (bicyclic) bond motifs is 2. The van der Waals surface area contributed by atoms with Crippen LogP contribution in [-0.4, -0.2) is 41.5 Å². The Hall–Kier alpha value is -2.89. The van der Waals surface area contributed by atoms with Gasteiger partial charge < -0.3 is 5.32 Å². The second kappa shape index (κ2) is 8.09. The van der Waals surface area contributed by atoms with Gasteiger partial charge in [-0.05, 0) is 30.3 Å². The molecular weight excluding hydrogens is 399 g/mol. The van der Waals surface area contributed by atoms with E-state index in [1.807, 2.05) is 36.4 Å². The van der Waals surface area contributed by atoms with Crippen molar-refractivity contribution in [3.63, 3.8) is 0 Å². The fourth-order valence-electron chi connectivity index (χ4n) is 4.11. The van der Waals surface area contributed by atoms with E-state index in [4.69, 9.17) is 11.6 Å². The highest BCUT2D eigenvalue weighted by molar-refractivity contribution is 6.31. The molecule has 3 aromatic carbocycles. The molecule has 0 spiro atoms. The summed E-state index contributed by atoms with van der Waals surface area (Å²) in [6.45, 7) is 4.11. The highest BCUT2D eigenvalue weighted by atomic mass is 35.5. The van der Waals surface area contributed by atoms with Gasteiger partial charge in [-0.3, -0.25) is 9.48 Å². The van der Waals surface area contributed by atoms with E-state index in [2.05, 4.69) is 38.3 Å². The van der Waals surface area contributed by atoms with E-state index in [1.165, 1.54) is 6.07 Å². The van der Waals surface area contributed by atoms with Crippen LogP contribution in [0, 0.1) is 5.82 Å². The van der Waals surface area contributed by atoms with Crippen molar-refractivity contribution in [3.8, 4) is 0 Å². The minimum Gasteiger partial charge on any atom is -0.351 e. The first-order chi connectivity index (χ1) is 14.7. The SMILES string of the molecule is Fc1ccccc1CN1CC[N+](=C2Nc3cc(Cl)ccc3Nc3ccccc32)CC1. The lowest BCUT2D eigenvalue weighted by molar-refractivity contribution is -0.539. The lowest BCUT2D eigenvalue weighted by atomic mass is 10.1. The molecule has 0 radical (unpaired) electrons. The third kappa shape index (κ3) is 3.78. The molecule has 2 aliphatic heterocycles. The lowest BCUT2D eigenvalue weighted by Gasteiger charge is -2.28. The van der Waals surface area contributed by atoms with Crippen LogP contribution in [0.3, 0.4) is 0 Å². The minimum atomic E-state index is -0.131. The van der Waals surface area contributed by atoms with Crippen LogP contribution < -0.4 is 10.6 Å². The van der Waals surface area contributed by atoms with Crippen LogP contribution in [0.4, 0.5) is 21.5 Å². The molecule has 1 saturated heterocycles. The molecule has 2 heterocycles. The molecule has 3 aromatic rings. The Bertz CT molecular complexity index is 1120. The molecule has 152 valence electrons. The van der Waals surface area contributed by atoms with Gasteiger partial charge in [0, 0.05) is 36.3 Å². The molecular formula is C24H23ClFN4+. The first-order valence-electron chi connectivity index (χ1n) is 10.2. The van der Waals surface area contributed by atoms with Crippen molar-refractivity contribution in [2.45, 2.75) is 6.54 Å². The zero-order chi connectivity index (χ0) is 20.5. The van der Waals surface area contributed by atoms with Gasteiger partial charge in [0.1, 0.15) is 11.5 Å². The van der Waals surface area contributed by atoms with E-state index in [9.17, 15) is 4.39 Å². The fourth-order valence-corrected chi connectivity index (χ4v) is 4.29. The van der Waals surface area contributed by atoms with Gasteiger partial charge >= 0.3 is 0 Å². The minimum absolute atomic E-state index is 0.131. The van der Waals surface area contributed by atoms with Crippen LogP contribution in [0.1, 0.15) is 11.1 Å². The molecule has 2 aliphatic rings. The molecule has 4 nitrogen and oxygen atoms in total. The number of nitrogens with one attached hydrogen (secondary N) is 2. The number of para-hydroxylation sites is 1. The monoisotopic (exact) mass is 421 g/mol. The number of hydrogen-bond donors (Lipinski definition) is 2. The van der Waals surface area contributed by atoms with E-state index >= 15 is 0 Å². The van der Waals surface area contributed by atoms with Gasteiger partial charge in [0.25, 0.3) is 5.84 Å². The molecule has 0 atom stereocenters. The normalized spacial score (nSPS) is 16.2. The van der Waals surface area contributed by atoms with Crippen molar-refractivity contribution in [1.82, 2.24) is 4.90 Å². The van der Waals surface area contributed by atoms with Gasteiger partial charge in [0.15, 0.2) is 0 Å². The average molecular weight is 422 g/mol. The van der Waals surface area contributed by atoms with Gasteiger partial charge in [-0.25, -0.2) is 9.71 Å². The Morgan fingerprint density at radius 2 is 1.63 bits per heavy atom. The Morgan fingerprint density at radius 3 is 2.47 bits per heavy atom. The van der Waals surface area contributed by atoms with Crippen molar-refractivity contribution in [2.24, 2.45) is 0 Å². The molecule has 0 saturated carbocycles. The number of piperazine rings is 1. The molecule has 6 heteroatoms. The quantitative estimate of drug-likeness (QED) is 0.575. The number of halogens is 2. The molecule has 2 N–H and O–H groups in total. The molecule has 0 unspecified atom stereocenters. The van der Waals surface area contributed by atoms with E-state index in [-0.39, 0.29) is 5.82 Å². The lowest BCUT2D eigenvalue weighted by Crippen LogP contribution is -2.45. The summed E-state index contributed by atoms with van der Waals surface area (Å²) in [5.41, 5.74) is 4.91. The van der Waals surface area contributed by atoms with Crippen molar-refractivity contribution < 1.29 is 8.97 Å². The van der Waals surface area contributed by atoms with E-state index in [0.29, 0.717) is 11.6 Å². The number of anilines is 3. The second-order valence-electron chi connectivity index (χ2n) is 7.69. The van der Waals surface area contributed by atoms with Gasteiger partial charge in [0.05, 0.1) is 30.0 Å². The molecule has 0 amide bonds. The molecule has 0 aromatic heterocycles. The predicted octanol–water partition coefficient (Wildman–Crippen LogP) is 4.92. The van der Waals surface area contributed by atoms with Crippen LogP contribution in [-0.2, 0) is 6.54 Å². The van der Waals surface area contributed by atoms with Crippen molar-refractivity contribution >= 4 is 34.5 Å². The van der Waals surface area contributed by atoms with E-state index < -0.39 is 0 Å². The summed E-state index contributed by atoms with van der Waals surface area (Å²) in [5, 5.41) is 7.84. The third-order valence-corrected chi connectivity index (χ3v) is 5.96. The fraction of sp³-hybridized carbons (Fsp3) is 0.208. The van der Waals surface area contributed by atoms with Crippen LogP contribution in [0.25, 0.3) is 0 Å². The molecule has 0 bridgehead atoms. The summed E-state index contributed by atoms with van der Waals surface area (Å²) in [6.07, 6.45) is 0. The zero-order valence-electron chi connectivity index (χ0n) is 16.5. The highest BCUT2D eigenvalue weighted by Crippen LogP contribution is 2.34. The van der Waals surface area contributed by atoms with Crippen molar-refractivity contribution in [2.75, 3.05) is 36.8 Å². The third-order valence-electron chi connectivity index (χ3n) is 5.73. The van der Waals surface area contributed by atoms with Crippen molar-refractivity contribution in [1.29, 1.82) is 0 Å². The number of amidine groups is 1. The van der Waals surface area contributed by atoms with Crippen LogP contribution in [0.15, 0.2) is 66.7 Å². The maximum atomic E-state index is 14.0. The second-order valence-corrected chi connectivity index (χ2v) is 8.13. The average Bonchev–Trinajstić information content (AvgIpc) is 2.92. The number of benzene rings is 3. The summed E-state index contributed by atoms with van der Waals surface area (Å²) < 4.78 is 16.4. The van der Waals surface area contributed by atoms with Gasteiger partial charge in [0.2, 0.25) is 0 Å². The maximum absolute atomic E-state index is 14.0. The number of nitrogens with zero attached hydrogens (tertiary/aromatic N) is 2. The summed E-state index contributed by atoms with van der Waals surface area (Å²) in [5.74, 6) is 0.942. The predicted molar refractivity (Wildman–Crippen MR) is 121 cm³/mol. The van der Waals surface area contributed by atoms with Crippen LogP contribution in [0.5, 0.6) is 0 Å². The van der Waals surface area contributed by atoms with Gasteiger partial charge in [-0.1, -0.05) is 41.9 Å². The first-order valence-corrected chi connectivity index (χ1v) is 10.6. The Morgan fingerprint density at radius 1 is 0.867 bits per heavy atom. The largest absolute Gasteiger partial charge is 0.351 e. The van der Waals surface area contributed by atoms with E-state index in [0.717, 1.165) is 60.2 Å². The van der Waals surface area contributed by atoms with Gasteiger partial charge in [-0.15, -0.1) is 0 Å². The van der Waals surface area contributed by atoms with Crippen molar-refractivity contribution in [3.05, 3.63) is 88.7 Å². The zero-order valence-corrected chi connectivity index (χ0v) is 17.3. The number of rotatable bonds is 2. The summed E-state index contributed by atoms with van der Waals surface area (Å²) in [4.78, 5) is 2.31. The van der Waals surface area contributed by atoms with E-state index in [1.54, 1.807) is 6.07 Å². The topological polar surface area (TPSA) is 30.3 Å². The summed E-state index contributed by atoms with van der Waals surface area (Å²) >= 11 is 6.26.